The summed E-state index contributed by atoms with van der Waals surface area (Å²) < 4.78 is 0. The number of benzene rings is 2. The van der Waals surface area contributed by atoms with Crippen molar-refractivity contribution in [2.75, 3.05) is 18.7 Å². The number of oxime groups is 1. The van der Waals surface area contributed by atoms with Crippen molar-refractivity contribution in [3.8, 4) is 0 Å². The number of amides is 2. The van der Waals surface area contributed by atoms with Crippen LogP contribution in [0.2, 0.25) is 5.02 Å². The Morgan fingerprint density at radius 2 is 2.00 bits per heavy atom. The van der Waals surface area contributed by atoms with Gasteiger partial charge >= 0.3 is 6.03 Å². The molecule has 2 amide bonds. The number of rotatable bonds is 7. The summed E-state index contributed by atoms with van der Waals surface area (Å²) in [5.74, 6) is 11.4. The molecule has 7 nitrogen and oxygen atoms in total. The van der Waals surface area contributed by atoms with Crippen LogP contribution in [0.15, 0.2) is 47.6 Å². The maximum absolute atomic E-state index is 12.0. The summed E-state index contributed by atoms with van der Waals surface area (Å²) in [6, 6.07) is 12.6. The van der Waals surface area contributed by atoms with Crippen molar-refractivity contribution in [3.63, 3.8) is 0 Å². The minimum absolute atomic E-state index is 0.459. The zero-order chi connectivity index (χ0) is 19.8. The standard InChI is InChI=1S/C19H24ClN5O2/c1-14-6-3-10-18(25(22)19(26)24(2)21)17(14)13-23-27-11-5-8-15-7-4-9-16(20)12-15/h3-4,6-7,9-10,12-13H,5,8,11,21-22H2,1-2H3/b23-13-. The molecule has 0 atom stereocenters. The van der Waals surface area contributed by atoms with Crippen LogP contribution in [-0.2, 0) is 11.3 Å². The first-order chi connectivity index (χ1) is 12.9. The molecule has 0 aliphatic carbocycles. The number of hydrazine groups is 2. The molecule has 0 spiro atoms. The maximum Gasteiger partial charge on any atom is 0.352 e. The van der Waals surface area contributed by atoms with Crippen molar-refractivity contribution in [1.82, 2.24) is 5.01 Å². The second kappa shape index (κ2) is 9.91. The highest BCUT2D eigenvalue weighted by molar-refractivity contribution is 6.30. The molecule has 8 heteroatoms. The zero-order valence-corrected chi connectivity index (χ0v) is 16.2. The Morgan fingerprint density at radius 1 is 1.26 bits per heavy atom. The Labute approximate surface area is 164 Å². The summed E-state index contributed by atoms with van der Waals surface area (Å²) in [5, 5.41) is 6.63. The molecule has 0 radical (unpaired) electrons. The van der Waals surface area contributed by atoms with Gasteiger partial charge in [0.1, 0.15) is 6.61 Å². The quantitative estimate of drug-likeness (QED) is 0.250. The highest BCUT2D eigenvalue weighted by atomic mass is 35.5. The molecular weight excluding hydrogens is 366 g/mol. The van der Waals surface area contributed by atoms with Crippen molar-refractivity contribution >= 4 is 29.5 Å². The first kappa shape index (κ1) is 20.7. The predicted octanol–water partition coefficient (Wildman–Crippen LogP) is 3.24. The second-order valence-electron chi connectivity index (χ2n) is 6.07. The van der Waals surface area contributed by atoms with E-state index in [2.05, 4.69) is 5.16 Å². The number of carbonyl (C=O) groups excluding carboxylic acids is 1. The van der Waals surface area contributed by atoms with Gasteiger partial charge in [-0.05, 0) is 49.1 Å². The lowest BCUT2D eigenvalue weighted by Gasteiger charge is -2.22. The van der Waals surface area contributed by atoms with Gasteiger partial charge in [-0.3, -0.25) is 5.01 Å². The fourth-order valence-corrected chi connectivity index (χ4v) is 2.71. The second-order valence-corrected chi connectivity index (χ2v) is 6.51. The van der Waals surface area contributed by atoms with Crippen LogP contribution in [0, 0.1) is 6.92 Å². The number of nitrogens with two attached hydrogens (primary N) is 2. The molecular formula is C19H24ClN5O2. The molecule has 27 heavy (non-hydrogen) atoms. The minimum Gasteiger partial charge on any atom is -0.396 e. The topological polar surface area (TPSA) is 97.2 Å². The van der Waals surface area contributed by atoms with E-state index in [0.29, 0.717) is 17.9 Å². The number of anilines is 1. The van der Waals surface area contributed by atoms with E-state index >= 15 is 0 Å². The number of carbonyl (C=O) groups is 1. The van der Waals surface area contributed by atoms with Crippen molar-refractivity contribution in [2.45, 2.75) is 19.8 Å². The van der Waals surface area contributed by atoms with Crippen LogP contribution in [0.3, 0.4) is 0 Å². The number of nitrogens with zero attached hydrogens (tertiary/aromatic N) is 3. The molecule has 0 aliphatic heterocycles. The van der Waals surface area contributed by atoms with Crippen LogP contribution in [0.1, 0.15) is 23.1 Å². The van der Waals surface area contributed by atoms with Crippen LogP contribution >= 0.6 is 11.6 Å². The third-order valence-corrected chi connectivity index (χ3v) is 4.15. The van der Waals surface area contributed by atoms with Gasteiger partial charge in [-0.15, -0.1) is 0 Å². The average molecular weight is 390 g/mol. The largest absolute Gasteiger partial charge is 0.396 e. The van der Waals surface area contributed by atoms with Gasteiger partial charge in [-0.1, -0.05) is 41.0 Å². The fourth-order valence-electron chi connectivity index (χ4n) is 2.49. The first-order valence-electron chi connectivity index (χ1n) is 8.46. The molecule has 2 rings (SSSR count). The van der Waals surface area contributed by atoms with Crippen molar-refractivity contribution in [3.05, 3.63) is 64.2 Å². The van der Waals surface area contributed by atoms with Crippen LogP contribution in [0.4, 0.5) is 10.5 Å². The molecule has 2 aromatic rings. The van der Waals surface area contributed by atoms with E-state index in [4.69, 9.17) is 28.1 Å². The molecule has 4 N–H and O–H groups in total. The number of hydrogen-bond donors (Lipinski definition) is 2. The summed E-state index contributed by atoms with van der Waals surface area (Å²) in [7, 11) is 1.43. The third-order valence-electron chi connectivity index (χ3n) is 3.91. The molecule has 0 bridgehead atoms. The van der Waals surface area contributed by atoms with Gasteiger partial charge in [0.05, 0.1) is 11.9 Å². The van der Waals surface area contributed by atoms with E-state index in [0.717, 1.165) is 39.0 Å². The molecule has 2 aromatic carbocycles. The fraction of sp³-hybridized carbons (Fsp3) is 0.263. The van der Waals surface area contributed by atoms with E-state index in [-0.39, 0.29) is 0 Å². The van der Waals surface area contributed by atoms with Gasteiger partial charge in [0.25, 0.3) is 0 Å². The predicted molar refractivity (Wildman–Crippen MR) is 109 cm³/mol. The van der Waals surface area contributed by atoms with Gasteiger partial charge in [0.2, 0.25) is 0 Å². The maximum atomic E-state index is 12.0. The van der Waals surface area contributed by atoms with Gasteiger partial charge in [0, 0.05) is 17.6 Å². The van der Waals surface area contributed by atoms with Crippen LogP contribution in [0.5, 0.6) is 0 Å². The van der Waals surface area contributed by atoms with Gasteiger partial charge in [-0.2, -0.15) is 0 Å². The smallest absolute Gasteiger partial charge is 0.352 e. The lowest BCUT2D eigenvalue weighted by Crippen LogP contribution is -2.49. The normalized spacial score (nSPS) is 10.9. The third kappa shape index (κ3) is 5.96. The highest BCUT2D eigenvalue weighted by Crippen LogP contribution is 2.21. The van der Waals surface area contributed by atoms with Gasteiger partial charge < -0.3 is 4.84 Å². The van der Waals surface area contributed by atoms with Crippen molar-refractivity contribution < 1.29 is 9.63 Å². The lowest BCUT2D eigenvalue weighted by atomic mass is 10.1. The summed E-state index contributed by atoms with van der Waals surface area (Å²) in [4.78, 5) is 17.3. The molecule has 0 saturated carbocycles. The molecule has 0 fully saturated rings. The van der Waals surface area contributed by atoms with Crippen LogP contribution in [0.25, 0.3) is 0 Å². The summed E-state index contributed by atoms with van der Waals surface area (Å²) in [6.45, 7) is 2.36. The van der Waals surface area contributed by atoms with Crippen molar-refractivity contribution in [2.24, 2.45) is 16.8 Å². The Balaban J connectivity index is 1.95. The zero-order valence-electron chi connectivity index (χ0n) is 15.4. The number of hydrogen-bond acceptors (Lipinski definition) is 5. The van der Waals surface area contributed by atoms with E-state index < -0.39 is 6.03 Å². The van der Waals surface area contributed by atoms with Crippen molar-refractivity contribution in [1.29, 1.82) is 0 Å². The van der Waals surface area contributed by atoms with Gasteiger partial charge in [-0.25, -0.2) is 21.5 Å². The molecule has 144 valence electrons. The SMILES string of the molecule is Cc1cccc(N(N)C(=O)N(C)N)c1/C=N\OCCCc1cccc(Cl)c1. The number of urea groups is 1. The Kier molecular flexibility index (Phi) is 7.60. The summed E-state index contributed by atoms with van der Waals surface area (Å²) >= 11 is 5.97. The molecule has 0 unspecified atom stereocenters. The number of aryl methyl sites for hydroxylation is 2. The minimum atomic E-state index is -0.544. The molecule has 0 aromatic heterocycles. The van der Waals surface area contributed by atoms with Crippen LogP contribution in [-0.4, -0.2) is 30.9 Å². The van der Waals surface area contributed by atoms with E-state index in [1.54, 1.807) is 18.3 Å². The lowest BCUT2D eigenvalue weighted by molar-refractivity contribution is 0.143. The average Bonchev–Trinajstić information content (AvgIpc) is 2.64. The monoisotopic (exact) mass is 389 g/mol. The summed E-state index contributed by atoms with van der Waals surface area (Å²) in [6.07, 6.45) is 3.20. The van der Waals surface area contributed by atoms with Gasteiger partial charge in [0.15, 0.2) is 0 Å². The molecule has 0 saturated heterocycles. The van der Waals surface area contributed by atoms with Crippen LogP contribution < -0.4 is 16.7 Å². The summed E-state index contributed by atoms with van der Waals surface area (Å²) in [5.41, 5.74) is 3.23. The molecule has 0 heterocycles. The Bertz CT molecular complexity index is 810. The Morgan fingerprint density at radius 3 is 2.70 bits per heavy atom. The van der Waals surface area contributed by atoms with E-state index in [9.17, 15) is 4.79 Å². The number of halogens is 1. The molecule has 0 aliphatic rings. The Hall–Kier alpha value is -2.61. The van der Waals surface area contributed by atoms with E-state index in [1.165, 1.54) is 7.05 Å². The van der Waals surface area contributed by atoms with E-state index in [1.807, 2.05) is 37.3 Å². The first-order valence-corrected chi connectivity index (χ1v) is 8.84. The highest BCUT2D eigenvalue weighted by Gasteiger charge is 2.17.